The predicted octanol–water partition coefficient (Wildman–Crippen LogP) is 5.94. The van der Waals surface area contributed by atoms with Crippen molar-refractivity contribution in [2.75, 3.05) is 0 Å². The average molecular weight is 501 g/mol. The number of aromatic carboxylic acids is 1. The normalized spacial score (nSPS) is 13.0. The van der Waals surface area contributed by atoms with Gasteiger partial charge >= 0.3 is 153 Å². The Hall–Kier alpha value is 0.389. The molecule has 6 heteroatoms. The van der Waals surface area contributed by atoms with E-state index < -0.39 is 5.97 Å². The molecule has 0 amide bonds. The van der Waals surface area contributed by atoms with Crippen LogP contribution in [-0.4, -0.2) is 25.6 Å². The second-order valence-electron chi connectivity index (χ2n) is 5.19. The molecule has 0 aliphatic carbocycles. The zero-order valence-electron chi connectivity index (χ0n) is 12.0. The summed E-state index contributed by atoms with van der Waals surface area (Å²) in [6.45, 7) is 4.41. The van der Waals surface area contributed by atoms with E-state index in [1.807, 2.05) is 0 Å². The van der Waals surface area contributed by atoms with Crippen LogP contribution < -0.4 is 0 Å². The van der Waals surface area contributed by atoms with E-state index in [1.165, 1.54) is 39.3 Å². The molecule has 0 aliphatic rings. The summed E-state index contributed by atoms with van der Waals surface area (Å²) in [5.41, 5.74) is 1.05. The molecule has 0 saturated carbocycles. The quantitative estimate of drug-likeness (QED) is 0.477. The SMILES string of the molecule is CCCCC(CC)Cc1c(C(=O)O)sc2c(Br)[se]c(Br)c12. The molecular formula is C15H18Br2O2SSe. The molecule has 1 N–H and O–H groups in total. The van der Waals surface area contributed by atoms with Crippen molar-refractivity contribution < 1.29 is 9.90 Å². The van der Waals surface area contributed by atoms with Gasteiger partial charge in [0.2, 0.25) is 0 Å². The summed E-state index contributed by atoms with van der Waals surface area (Å²) in [6, 6.07) is 0. The summed E-state index contributed by atoms with van der Waals surface area (Å²) < 4.78 is 3.47. The predicted molar refractivity (Wildman–Crippen MR) is 98.1 cm³/mol. The van der Waals surface area contributed by atoms with Gasteiger partial charge in [-0.1, -0.05) is 0 Å². The van der Waals surface area contributed by atoms with E-state index in [2.05, 4.69) is 45.7 Å². The molecular weight excluding hydrogens is 483 g/mol. The number of carboxylic acids is 1. The number of halogens is 2. The molecule has 2 aromatic rings. The number of hydrogen-bond acceptors (Lipinski definition) is 2. The Labute approximate surface area is 151 Å². The third-order valence-electron chi connectivity index (χ3n) is 3.79. The Morgan fingerprint density at radius 3 is 2.62 bits per heavy atom. The van der Waals surface area contributed by atoms with Gasteiger partial charge < -0.3 is 0 Å². The van der Waals surface area contributed by atoms with Gasteiger partial charge in [-0.25, -0.2) is 0 Å². The molecule has 0 bridgehead atoms. The van der Waals surface area contributed by atoms with Crippen LogP contribution in [0.25, 0.3) is 10.1 Å². The fraction of sp³-hybridized carbons (Fsp3) is 0.533. The zero-order chi connectivity index (χ0) is 15.6. The summed E-state index contributed by atoms with van der Waals surface area (Å²) in [4.78, 5) is 12.1. The summed E-state index contributed by atoms with van der Waals surface area (Å²) in [7, 11) is 0. The van der Waals surface area contributed by atoms with Gasteiger partial charge in [0, 0.05) is 0 Å². The van der Waals surface area contributed by atoms with Crippen molar-refractivity contribution in [1.29, 1.82) is 0 Å². The van der Waals surface area contributed by atoms with Gasteiger partial charge in [0.25, 0.3) is 0 Å². The minimum atomic E-state index is -0.789. The Bertz CT molecular complexity index is 648. The summed E-state index contributed by atoms with van der Waals surface area (Å²) >= 11 is 8.96. The first-order chi connectivity index (χ1) is 9.99. The number of fused-ring (bicyclic) bond motifs is 1. The second-order valence-corrected chi connectivity index (χ2v) is 12.3. The average Bonchev–Trinajstić information content (AvgIpc) is 2.94. The number of rotatable bonds is 7. The zero-order valence-corrected chi connectivity index (χ0v) is 17.7. The first-order valence-electron chi connectivity index (χ1n) is 7.11. The molecule has 2 aromatic heterocycles. The van der Waals surface area contributed by atoms with Gasteiger partial charge in [0.15, 0.2) is 0 Å². The Morgan fingerprint density at radius 2 is 2.05 bits per heavy atom. The van der Waals surface area contributed by atoms with Gasteiger partial charge in [-0.2, -0.15) is 0 Å². The van der Waals surface area contributed by atoms with Crippen LogP contribution in [-0.2, 0) is 6.42 Å². The molecule has 2 heterocycles. The van der Waals surface area contributed by atoms with Crippen LogP contribution in [0.1, 0.15) is 54.8 Å². The van der Waals surface area contributed by atoms with Crippen molar-refractivity contribution in [3.63, 3.8) is 0 Å². The molecule has 0 aliphatic heterocycles. The molecule has 116 valence electrons. The van der Waals surface area contributed by atoms with E-state index in [0.717, 1.165) is 26.5 Å². The summed E-state index contributed by atoms with van der Waals surface area (Å²) in [6.07, 6.45) is 5.59. The maximum atomic E-state index is 11.6. The van der Waals surface area contributed by atoms with Crippen LogP contribution in [0.3, 0.4) is 0 Å². The van der Waals surface area contributed by atoms with Crippen molar-refractivity contribution in [3.8, 4) is 0 Å². The Balaban J connectivity index is 2.44. The van der Waals surface area contributed by atoms with Crippen molar-refractivity contribution >= 4 is 73.8 Å². The molecule has 0 aromatic carbocycles. The van der Waals surface area contributed by atoms with Gasteiger partial charge in [-0.3, -0.25) is 0 Å². The molecule has 2 nitrogen and oxygen atoms in total. The molecule has 1 unspecified atom stereocenters. The second kappa shape index (κ2) is 7.78. The van der Waals surface area contributed by atoms with Gasteiger partial charge in [-0.15, -0.1) is 0 Å². The van der Waals surface area contributed by atoms with E-state index in [9.17, 15) is 9.90 Å². The monoisotopic (exact) mass is 500 g/mol. The minimum absolute atomic E-state index is 0.262. The number of carboxylic acid groups (broad SMARTS) is 1. The van der Waals surface area contributed by atoms with Gasteiger partial charge in [-0.05, 0) is 0 Å². The van der Waals surface area contributed by atoms with E-state index in [4.69, 9.17) is 0 Å². The topological polar surface area (TPSA) is 37.3 Å². The van der Waals surface area contributed by atoms with Crippen molar-refractivity contribution in [2.45, 2.75) is 46.0 Å². The molecule has 0 radical (unpaired) electrons. The summed E-state index contributed by atoms with van der Waals surface area (Å²) in [5.74, 6) is -0.211. The van der Waals surface area contributed by atoms with Crippen molar-refractivity contribution in [3.05, 3.63) is 17.1 Å². The number of thiophene rings is 1. The first-order valence-corrected chi connectivity index (χ1v) is 11.2. The Morgan fingerprint density at radius 1 is 1.33 bits per heavy atom. The summed E-state index contributed by atoms with van der Waals surface area (Å²) in [5, 5.41) is 10.7. The van der Waals surface area contributed by atoms with E-state index >= 15 is 0 Å². The third kappa shape index (κ3) is 3.84. The van der Waals surface area contributed by atoms with Gasteiger partial charge in [0.05, 0.1) is 0 Å². The number of carbonyl (C=O) groups is 1. The fourth-order valence-electron chi connectivity index (χ4n) is 2.59. The van der Waals surface area contributed by atoms with Gasteiger partial charge in [0.1, 0.15) is 0 Å². The van der Waals surface area contributed by atoms with Crippen LogP contribution >= 0.6 is 43.2 Å². The van der Waals surface area contributed by atoms with E-state index in [1.54, 1.807) is 0 Å². The molecule has 0 spiro atoms. The first kappa shape index (κ1) is 17.7. The Kier molecular flexibility index (Phi) is 6.57. The fourth-order valence-corrected chi connectivity index (χ4v) is 9.47. The van der Waals surface area contributed by atoms with E-state index in [-0.39, 0.29) is 14.5 Å². The van der Waals surface area contributed by atoms with Crippen LogP contribution in [0.2, 0.25) is 0 Å². The third-order valence-corrected chi connectivity index (χ3v) is 9.67. The molecule has 0 fully saturated rings. The van der Waals surface area contributed by atoms with Crippen LogP contribution in [0.4, 0.5) is 0 Å². The van der Waals surface area contributed by atoms with Crippen molar-refractivity contribution in [2.24, 2.45) is 5.92 Å². The van der Waals surface area contributed by atoms with Crippen molar-refractivity contribution in [1.82, 2.24) is 0 Å². The maximum absolute atomic E-state index is 11.6. The number of hydrogen-bond donors (Lipinski definition) is 1. The van der Waals surface area contributed by atoms with Crippen LogP contribution in [0.5, 0.6) is 0 Å². The molecule has 0 saturated heterocycles. The molecule has 1 atom stereocenters. The molecule has 21 heavy (non-hydrogen) atoms. The van der Waals surface area contributed by atoms with Crippen LogP contribution in [0.15, 0.2) is 6.69 Å². The number of unbranched alkanes of at least 4 members (excludes halogenated alkanes) is 1. The molecule has 2 rings (SSSR count). The van der Waals surface area contributed by atoms with E-state index in [0.29, 0.717) is 10.8 Å². The standard InChI is InChI=1S/C15H18Br2O2SSe/c1-3-5-6-8(4-2)7-9-10-12(14(17)21-13(10)16)20-11(9)15(18)19/h8H,3-7H2,1-2H3,(H,18,19). The van der Waals surface area contributed by atoms with Crippen LogP contribution in [0, 0.1) is 5.92 Å².